The SMILES string of the molecule is CC(=O)N[C@@H](CC(=O)N1CCC[C@H](C)C1)c1ccc(Cl)cc1. The zero-order valence-corrected chi connectivity index (χ0v) is 13.9. The molecule has 120 valence electrons. The molecule has 2 atom stereocenters. The molecule has 0 aromatic heterocycles. The normalized spacial score (nSPS) is 19.6. The molecular formula is C17H23ClN2O2. The number of amides is 2. The van der Waals surface area contributed by atoms with Crippen molar-refractivity contribution in [2.24, 2.45) is 5.92 Å². The Labute approximate surface area is 136 Å². The molecule has 1 heterocycles. The Hall–Kier alpha value is -1.55. The van der Waals surface area contributed by atoms with Gasteiger partial charge in [0.05, 0.1) is 12.5 Å². The van der Waals surface area contributed by atoms with Gasteiger partial charge >= 0.3 is 0 Å². The first-order valence-corrected chi connectivity index (χ1v) is 8.14. The maximum absolute atomic E-state index is 12.5. The second-order valence-corrected chi connectivity index (χ2v) is 6.53. The van der Waals surface area contributed by atoms with Crippen LogP contribution in [-0.4, -0.2) is 29.8 Å². The molecule has 1 saturated heterocycles. The van der Waals surface area contributed by atoms with Gasteiger partial charge in [0.25, 0.3) is 0 Å². The number of hydrogen-bond acceptors (Lipinski definition) is 2. The van der Waals surface area contributed by atoms with Crippen LogP contribution >= 0.6 is 11.6 Å². The number of halogens is 1. The summed E-state index contributed by atoms with van der Waals surface area (Å²) in [5.74, 6) is 0.507. The fourth-order valence-corrected chi connectivity index (χ4v) is 3.04. The van der Waals surface area contributed by atoms with Crippen molar-refractivity contribution in [1.82, 2.24) is 10.2 Å². The predicted molar refractivity (Wildman–Crippen MR) is 87.6 cm³/mol. The monoisotopic (exact) mass is 322 g/mol. The van der Waals surface area contributed by atoms with Crippen LogP contribution in [0.4, 0.5) is 0 Å². The van der Waals surface area contributed by atoms with Crippen molar-refractivity contribution in [2.45, 2.75) is 39.2 Å². The molecule has 1 aliphatic rings. The van der Waals surface area contributed by atoms with Crippen LogP contribution in [0, 0.1) is 5.92 Å². The minimum atomic E-state index is -0.306. The molecule has 0 saturated carbocycles. The average molecular weight is 323 g/mol. The van der Waals surface area contributed by atoms with E-state index in [1.165, 1.54) is 13.3 Å². The number of benzene rings is 1. The highest BCUT2D eigenvalue weighted by Crippen LogP contribution is 2.22. The largest absolute Gasteiger partial charge is 0.349 e. The van der Waals surface area contributed by atoms with E-state index >= 15 is 0 Å². The molecule has 4 nitrogen and oxygen atoms in total. The molecular weight excluding hydrogens is 300 g/mol. The van der Waals surface area contributed by atoms with E-state index in [1.54, 1.807) is 12.1 Å². The minimum Gasteiger partial charge on any atom is -0.349 e. The van der Waals surface area contributed by atoms with Gasteiger partial charge in [0.1, 0.15) is 0 Å². The van der Waals surface area contributed by atoms with Gasteiger partial charge in [0.2, 0.25) is 11.8 Å². The van der Waals surface area contributed by atoms with E-state index in [9.17, 15) is 9.59 Å². The van der Waals surface area contributed by atoms with E-state index in [-0.39, 0.29) is 24.3 Å². The van der Waals surface area contributed by atoms with Gasteiger partial charge in [-0.25, -0.2) is 0 Å². The Bertz CT molecular complexity index is 530. The summed E-state index contributed by atoms with van der Waals surface area (Å²) in [6.45, 7) is 5.27. The lowest BCUT2D eigenvalue weighted by Crippen LogP contribution is -2.41. The summed E-state index contributed by atoms with van der Waals surface area (Å²) in [6.07, 6.45) is 2.52. The lowest BCUT2D eigenvalue weighted by molar-refractivity contribution is -0.133. The number of carbonyl (C=O) groups is 2. The van der Waals surface area contributed by atoms with E-state index < -0.39 is 0 Å². The number of nitrogens with one attached hydrogen (secondary N) is 1. The Balaban J connectivity index is 2.07. The fraction of sp³-hybridized carbons (Fsp3) is 0.529. The number of piperidine rings is 1. The Morgan fingerprint density at radius 1 is 1.36 bits per heavy atom. The van der Waals surface area contributed by atoms with E-state index in [4.69, 9.17) is 11.6 Å². The summed E-state index contributed by atoms with van der Waals surface area (Å²) in [7, 11) is 0. The quantitative estimate of drug-likeness (QED) is 0.925. The van der Waals surface area contributed by atoms with Crippen LogP contribution in [0.25, 0.3) is 0 Å². The van der Waals surface area contributed by atoms with Crippen molar-refractivity contribution < 1.29 is 9.59 Å². The summed E-state index contributed by atoms with van der Waals surface area (Å²) in [5.41, 5.74) is 0.901. The van der Waals surface area contributed by atoms with Crippen molar-refractivity contribution >= 4 is 23.4 Å². The molecule has 2 rings (SSSR count). The van der Waals surface area contributed by atoms with Crippen LogP contribution in [0.15, 0.2) is 24.3 Å². The van der Waals surface area contributed by atoms with E-state index in [2.05, 4.69) is 12.2 Å². The summed E-state index contributed by atoms with van der Waals surface area (Å²) >= 11 is 5.90. The zero-order chi connectivity index (χ0) is 16.1. The summed E-state index contributed by atoms with van der Waals surface area (Å²) in [5, 5.41) is 3.51. The molecule has 1 aliphatic heterocycles. The van der Waals surface area contributed by atoms with Crippen LogP contribution in [0.2, 0.25) is 5.02 Å². The molecule has 0 spiro atoms. The highest BCUT2D eigenvalue weighted by molar-refractivity contribution is 6.30. The molecule has 0 aliphatic carbocycles. The molecule has 5 heteroatoms. The smallest absolute Gasteiger partial charge is 0.224 e. The van der Waals surface area contributed by atoms with Gasteiger partial charge in [-0.15, -0.1) is 0 Å². The molecule has 22 heavy (non-hydrogen) atoms. The molecule has 1 aromatic rings. The van der Waals surface area contributed by atoms with Crippen molar-refractivity contribution in [3.63, 3.8) is 0 Å². The maximum Gasteiger partial charge on any atom is 0.224 e. The van der Waals surface area contributed by atoms with E-state index in [0.717, 1.165) is 25.1 Å². The fourth-order valence-electron chi connectivity index (χ4n) is 2.91. The Kier molecular flexibility index (Phi) is 5.83. The summed E-state index contributed by atoms with van der Waals surface area (Å²) in [6, 6.07) is 6.96. The summed E-state index contributed by atoms with van der Waals surface area (Å²) < 4.78 is 0. The highest BCUT2D eigenvalue weighted by atomic mass is 35.5. The first kappa shape index (κ1) is 16.8. The van der Waals surface area contributed by atoms with Crippen LogP contribution < -0.4 is 5.32 Å². The minimum absolute atomic E-state index is 0.0975. The lowest BCUT2D eigenvalue weighted by atomic mass is 9.98. The van der Waals surface area contributed by atoms with Gasteiger partial charge < -0.3 is 10.2 Å². The number of hydrogen-bond donors (Lipinski definition) is 1. The van der Waals surface area contributed by atoms with Gasteiger partial charge in [0, 0.05) is 25.0 Å². The van der Waals surface area contributed by atoms with E-state index in [1.807, 2.05) is 17.0 Å². The van der Waals surface area contributed by atoms with Gasteiger partial charge in [-0.1, -0.05) is 30.7 Å². The van der Waals surface area contributed by atoms with Gasteiger partial charge in [-0.05, 0) is 36.5 Å². The van der Waals surface area contributed by atoms with Gasteiger partial charge in [0.15, 0.2) is 0 Å². The summed E-state index contributed by atoms with van der Waals surface area (Å²) in [4.78, 5) is 25.9. The maximum atomic E-state index is 12.5. The number of rotatable bonds is 4. The van der Waals surface area contributed by atoms with Crippen molar-refractivity contribution in [3.8, 4) is 0 Å². The van der Waals surface area contributed by atoms with Crippen molar-refractivity contribution in [3.05, 3.63) is 34.9 Å². The van der Waals surface area contributed by atoms with Crippen LogP contribution in [0.5, 0.6) is 0 Å². The third-order valence-electron chi connectivity index (χ3n) is 4.04. The average Bonchev–Trinajstić information content (AvgIpc) is 2.47. The highest BCUT2D eigenvalue weighted by Gasteiger charge is 2.24. The third kappa shape index (κ3) is 4.73. The van der Waals surface area contributed by atoms with Gasteiger partial charge in [-0.3, -0.25) is 9.59 Å². The van der Waals surface area contributed by atoms with Crippen LogP contribution in [0.3, 0.4) is 0 Å². The molecule has 1 aromatic carbocycles. The van der Waals surface area contributed by atoms with Crippen molar-refractivity contribution in [1.29, 1.82) is 0 Å². The Morgan fingerprint density at radius 2 is 2.05 bits per heavy atom. The second-order valence-electron chi connectivity index (χ2n) is 6.10. The number of likely N-dealkylation sites (tertiary alicyclic amines) is 1. The van der Waals surface area contributed by atoms with Gasteiger partial charge in [-0.2, -0.15) is 0 Å². The standard InChI is InChI=1S/C17H23ClN2O2/c1-12-4-3-9-20(11-12)17(22)10-16(19-13(2)21)14-5-7-15(18)8-6-14/h5-8,12,16H,3-4,9-11H2,1-2H3,(H,19,21)/t12-,16-/m0/s1. The lowest BCUT2D eigenvalue weighted by Gasteiger charge is -2.32. The first-order chi connectivity index (χ1) is 10.5. The first-order valence-electron chi connectivity index (χ1n) is 7.76. The predicted octanol–water partition coefficient (Wildman–Crippen LogP) is 3.17. The number of carbonyl (C=O) groups excluding carboxylic acids is 2. The second kappa shape index (κ2) is 7.63. The van der Waals surface area contributed by atoms with Crippen LogP contribution in [0.1, 0.15) is 44.7 Å². The molecule has 1 N–H and O–H groups in total. The molecule has 0 radical (unpaired) electrons. The van der Waals surface area contributed by atoms with Crippen molar-refractivity contribution in [2.75, 3.05) is 13.1 Å². The topological polar surface area (TPSA) is 49.4 Å². The van der Waals surface area contributed by atoms with E-state index in [0.29, 0.717) is 10.9 Å². The molecule has 1 fully saturated rings. The molecule has 0 unspecified atom stereocenters. The third-order valence-corrected chi connectivity index (χ3v) is 4.29. The molecule has 2 amide bonds. The number of nitrogens with zero attached hydrogens (tertiary/aromatic N) is 1. The van der Waals surface area contributed by atoms with Crippen LogP contribution in [-0.2, 0) is 9.59 Å². The Morgan fingerprint density at radius 3 is 2.64 bits per heavy atom. The molecule has 0 bridgehead atoms. The zero-order valence-electron chi connectivity index (χ0n) is 13.1.